The molecule has 1 rings (SSSR count). The monoisotopic (exact) mass is 227 g/mol. The summed E-state index contributed by atoms with van der Waals surface area (Å²) < 4.78 is 4.81. The number of aliphatic hydroxyl groups is 1. The Labute approximate surface area is 89.9 Å². The molecule has 1 aromatic heterocycles. The van der Waals surface area contributed by atoms with E-state index in [0.717, 1.165) is 0 Å². The Bertz CT molecular complexity index is 379. The van der Waals surface area contributed by atoms with Gasteiger partial charge in [0.15, 0.2) is 6.10 Å². The first-order valence-electron chi connectivity index (χ1n) is 4.22. The predicted molar refractivity (Wildman–Crippen MR) is 49.9 cm³/mol. The summed E-state index contributed by atoms with van der Waals surface area (Å²) in [6.07, 6.45) is -1.36. The van der Waals surface area contributed by atoms with Crippen molar-refractivity contribution in [3.63, 3.8) is 0 Å². The fourth-order valence-electron chi connectivity index (χ4n) is 0.943. The molecule has 3 N–H and O–H groups in total. The number of pyridine rings is 1. The molecule has 0 spiro atoms. The average Bonchev–Trinajstić information content (AvgIpc) is 2.26. The van der Waals surface area contributed by atoms with E-state index in [0.29, 0.717) is 0 Å². The summed E-state index contributed by atoms with van der Waals surface area (Å²) in [6.45, 7) is 0. The number of nitrogens with zero attached hydrogens (tertiary/aromatic N) is 1. The summed E-state index contributed by atoms with van der Waals surface area (Å²) in [5.41, 5.74) is 0. The lowest BCUT2D eigenvalue weighted by atomic mass is 10.2. The summed E-state index contributed by atoms with van der Waals surface area (Å²) in [5.74, 6) is -3.18. The number of hydrogen-bond donors (Lipinski definition) is 3. The molecule has 0 saturated heterocycles. The molecule has 0 amide bonds. The highest BCUT2D eigenvalue weighted by Crippen LogP contribution is 2.11. The summed E-state index contributed by atoms with van der Waals surface area (Å²) >= 11 is 0. The van der Waals surface area contributed by atoms with Crippen molar-refractivity contribution in [3.8, 4) is 5.75 Å². The van der Waals surface area contributed by atoms with E-state index >= 15 is 0 Å². The van der Waals surface area contributed by atoms with Crippen molar-refractivity contribution in [2.75, 3.05) is 0 Å². The topological polar surface area (TPSA) is 117 Å². The highest BCUT2D eigenvalue weighted by Gasteiger charge is 2.34. The molecule has 0 aliphatic carbocycles. The average molecular weight is 227 g/mol. The number of carbonyl (C=O) groups is 2. The van der Waals surface area contributed by atoms with E-state index in [1.165, 1.54) is 24.5 Å². The standard InChI is InChI=1S/C9H9NO6/c11-6(8(12)13)7(9(14)15)16-5-2-1-3-10-4-5/h1-4,6-7,11H,(H,12,13)(H,14,15)/t6-,7+/m0/s1. The summed E-state index contributed by atoms with van der Waals surface area (Å²) in [4.78, 5) is 24.8. The van der Waals surface area contributed by atoms with Crippen LogP contribution in [0.15, 0.2) is 24.5 Å². The third-order valence-corrected chi connectivity index (χ3v) is 1.68. The number of aliphatic carboxylic acids is 2. The van der Waals surface area contributed by atoms with Crippen LogP contribution >= 0.6 is 0 Å². The van der Waals surface area contributed by atoms with Gasteiger partial charge in [0.25, 0.3) is 0 Å². The first-order chi connectivity index (χ1) is 7.52. The third kappa shape index (κ3) is 2.92. The lowest BCUT2D eigenvalue weighted by Crippen LogP contribution is -2.43. The zero-order chi connectivity index (χ0) is 12.1. The maximum atomic E-state index is 10.7. The zero-order valence-electron chi connectivity index (χ0n) is 7.98. The molecule has 0 aliphatic heterocycles. The molecular weight excluding hydrogens is 218 g/mol. The molecule has 86 valence electrons. The Balaban J connectivity index is 2.81. The summed E-state index contributed by atoms with van der Waals surface area (Å²) in [6, 6.07) is 2.89. The predicted octanol–water partition coefficient (Wildman–Crippen LogP) is -0.641. The molecule has 0 aromatic carbocycles. The van der Waals surface area contributed by atoms with Gasteiger partial charge in [0.2, 0.25) is 6.10 Å². The Kier molecular flexibility index (Phi) is 3.78. The van der Waals surface area contributed by atoms with E-state index in [4.69, 9.17) is 20.1 Å². The van der Waals surface area contributed by atoms with Gasteiger partial charge < -0.3 is 20.1 Å². The second-order valence-corrected chi connectivity index (χ2v) is 2.85. The van der Waals surface area contributed by atoms with Crippen molar-refractivity contribution >= 4 is 11.9 Å². The van der Waals surface area contributed by atoms with Gasteiger partial charge in [0.1, 0.15) is 5.75 Å². The van der Waals surface area contributed by atoms with Crippen LogP contribution in [-0.4, -0.2) is 44.5 Å². The fourth-order valence-corrected chi connectivity index (χ4v) is 0.943. The van der Waals surface area contributed by atoms with Gasteiger partial charge in [-0.25, -0.2) is 9.59 Å². The molecule has 0 saturated carbocycles. The van der Waals surface area contributed by atoms with Crippen molar-refractivity contribution in [2.45, 2.75) is 12.2 Å². The molecule has 0 fully saturated rings. The zero-order valence-corrected chi connectivity index (χ0v) is 7.98. The second kappa shape index (κ2) is 5.08. The van der Waals surface area contributed by atoms with E-state index < -0.39 is 24.1 Å². The molecule has 1 aromatic rings. The van der Waals surface area contributed by atoms with Gasteiger partial charge in [0, 0.05) is 6.20 Å². The lowest BCUT2D eigenvalue weighted by Gasteiger charge is -2.17. The molecule has 7 heteroatoms. The minimum absolute atomic E-state index is 0.0650. The van der Waals surface area contributed by atoms with Crippen molar-refractivity contribution < 1.29 is 29.6 Å². The van der Waals surface area contributed by atoms with E-state index in [1.807, 2.05) is 0 Å². The largest absolute Gasteiger partial charge is 0.479 e. The highest BCUT2D eigenvalue weighted by atomic mass is 16.5. The van der Waals surface area contributed by atoms with Crippen molar-refractivity contribution in [3.05, 3.63) is 24.5 Å². The quantitative estimate of drug-likeness (QED) is 0.612. The number of aliphatic hydroxyl groups excluding tert-OH is 1. The van der Waals surface area contributed by atoms with Crippen molar-refractivity contribution in [2.24, 2.45) is 0 Å². The van der Waals surface area contributed by atoms with Gasteiger partial charge in [-0.15, -0.1) is 0 Å². The minimum atomic E-state index is -2.14. The van der Waals surface area contributed by atoms with Gasteiger partial charge in [-0.2, -0.15) is 0 Å². The number of rotatable bonds is 5. The van der Waals surface area contributed by atoms with Gasteiger partial charge in [-0.3, -0.25) is 4.98 Å². The van der Waals surface area contributed by atoms with Gasteiger partial charge in [-0.05, 0) is 12.1 Å². The van der Waals surface area contributed by atoms with Crippen LogP contribution in [0.25, 0.3) is 0 Å². The Morgan fingerprint density at radius 1 is 1.31 bits per heavy atom. The van der Waals surface area contributed by atoms with Crippen LogP contribution in [-0.2, 0) is 9.59 Å². The normalized spacial score (nSPS) is 13.8. The van der Waals surface area contributed by atoms with Crippen molar-refractivity contribution in [1.82, 2.24) is 4.98 Å². The first kappa shape index (κ1) is 11.9. The van der Waals surface area contributed by atoms with E-state index in [2.05, 4.69) is 4.98 Å². The SMILES string of the molecule is O=C(O)[C@@H](O)[C@@H](Oc1cccnc1)C(=O)O. The molecule has 1 heterocycles. The number of carboxylic acid groups (broad SMARTS) is 2. The smallest absolute Gasteiger partial charge is 0.348 e. The first-order valence-corrected chi connectivity index (χ1v) is 4.22. The van der Waals surface area contributed by atoms with E-state index in [9.17, 15) is 9.59 Å². The lowest BCUT2D eigenvalue weighted by molar-refractivity contribution is -0.163. The van der Waals surface area contributed by atoms with Crippen LogP contribution in [0.2, 0.25) is 0 Å². The Morgan fingerprint density at radius 3 is 2.44 bits per heavy atom. The van der Waals surface area contributed by atoms with E-state index in [1.54, 1.807) is 0 Å². The van der Waals surface area contributed by atoms with Crippen LogP contribution in [0.4, 0.5) is 0 Å². The molecule has 2 atom stereocenters. The molecule has 0 bridgehead atoms. The highest BCUT2D eigenvalue weighted by molar-refractivity contribution is 5.83. The summed E-state index contributed by atoms with van der Waals surface area (Å²) in [5, 5.41) is 26.2. The summed E-state index contributed by atoms with van der Waals surface area (Å²) in [7, 11) is 0. The molecule has 16 heavy (non-hydrogen) atoms. The van der Waals surface area contributed by atoms with Gasteiger partial charge in [0.05, 0.1) is 6.20 Å². The molecular formula is C9H9NO6. The molecule has 7 nitrogen and oxygen atoms in total. The number of carboxylic acids is 2. The Morgan fingerprint density at radius 2 is 2.00 bits per heavy atom. The molecule has 0 radical (unpaired) electrons. The second-order valence-electron chi connectivity index (χ2n) is 2.85. The van der Waals surface area contributed by atoms with Crippen LogP contribution in [0.1, 0.15) is 0 Å². The molecule has 0 unspecified atom stereocenters. The number of aromatic nitrogens is 1. The fraction of sp³-hybridized carbons (Fsp3) is 0.222. The van der Waals surface area contributed by atoms with Crippen molar-refractivity contribution in [1.29, 1.82) is 0 Å². The van der Waals surface area contributed by atoms with Gasteiger partial charge in [-0.1, -0.05) is 0 Å². The maximum absolute atomic E-state index is 10.7. The van der Waals surface area contributed by atoms with Crippen LogP contribution in [0.5, 0.6) is 5.75 Å². The van der Waals surface area contributed by atoms with Gasteiger partial charge >= 0.3 is 11.9 Å². The molecule has 0 aliphatic rings. The van der Waals surface area contributed by atoms with Crippen LogP contribution in [0.3, 0.4) is 0 Å². The van der Waals surface area contributed by atoms with Crippen LogP contribution in [0, 0.1) is 0 Å². The third-order valence-electron chi connectivity index (χ3n) is 1.68. The minimum Gasteiger partial charge on any atom is -0.479 e. The maximum Gasteiger partial charge on any atom is 0.348 e. The van der Waals surface area contributed by atoms with Crippen LogP contribution < -0.4 is 4.74 Å². The number of hydrogen-bond acceptors (Lipinski definition) is 5. The Hall–Kier alpha value is -2.15. The van der Waals surface area contributed by atoms with E-state index in [-0.39, 0.29) is 5.75 Å². The number of ether oxygens (including phenoxy) is 1.